The lowest BCUT2D eigenvalue weighted by molar-refractivity contribution is -0.144. The van der Waals surface area contributed by atoms with Gasteiger partial charge in [0.25, 0.3) is 0 Å². The van der Waals surface area contributed by atoms with Gasteiger partial charge in [0.15, 0.2) is 0 Å². The van der Waals surface area contributed by atoms with Crippen molar-refractivity contribution in [2.75, 3.05) is 6.61 Å². The monoisotopic (exact) mass is 263 g/mol. The van der Waals surface area contributed by atoms with Crippen molar-refractivity contribution in [2.45, 2.75) is 26.4 Å². The first-order chi connectivity index (χ1) is 9.13. The number of benzene rings is 1. The molecule has 0 saturated heterocycles. The van der Waals surface area contributed by atoms with Gasteiger partial charge < -0.3 is 9.47 Å². The van der Waals surface area contributed by atoms with Crippen molar-refractivity contribution in [1.29, 1.82) is 5.41 Å². The number of esters is 2. The fourth-order valence-electron chi connectivity index (χ4n) is 1.36. The van der Waals surface area contributed by atoms with Crippen molar-refractivity contribution in [1.82, 2.24) is 0 Å². The second-order valence-electron chi connectivity index (χ2n) is 3.85. The first kappa shape index (κ1) is 14.9. The molecule has 0 spiro atoms. The summed E-state index contributed by atoms with van der Waals surface area (Å²) in [5.41, 5.74) is 0.690. The summed E-state index contributed by atoms with van der Waals surface area (Å²) in [6.07, 6.45) is 0.0386. The highest BCUT2D eigenvalue weighted by atomic mass is 16.5. The normalized spacial score (nSPS) is 9.74. The van der Waals surface area contributed by atoms with Crippen molar-refractivity contribution in [3.63, 3.8) is 0 Å². The van der Waals surface area contributed by atoms with Gasteiger partial charge in [0, 0.05) is 6.42 Å². The van der Waals surface area contributed by atoms with Gasteiger partial charge in [0.2, 0.25) is 0 Å². The van der Waals surface area contributed by atoms with E-state index >= 15 is 0 Å². The zero-order valence-corrected chi connectivity index (χ0v) is 10.8. The van der Waals surface area contributed by atoms with E-state index in [9.17, 15) is 9.59 Å². The molecule has 19 heavy (non-hydrogen) atoms. The van der Waals surface area contributed by atoms with Crippen LogP contribution in [-0.4, -0.2) is 24.3 Å². The maximum atomic E-state index is 11.4. The van der Waals surface area contributed by atoms with Gasteiger partial charge >= 0.3 is 11.9 Å². The number of carbonyl (C=O) groups is 2. The van der Waals surface area contributed by atoms with Crippen molar-refractivity contribution in [3.8, 4) is 0 Å². The molecule has 1 rings (SSSR count). The van der Waals surface area contributed by atoms with Gasteiger partial charge in [0.05, 0.1) is 13.0 Å². The number of hydrogen-bond donors (Lipinski definition) is 1. The molecular formula is C14H17NO4. The Morgan fingerprint density at radius 1 is 1.11 bits per heavy atom. The Labute approximate surface area is 112 Å². The van der Waals surface area contributed by atoms with E-state index in [-0.39, 0.29) is 31.8 Å². The molecule has 0 aliphatic rings. The van der Waals surface area contributed by atoms with E-state index in [2.05, 4.69) is 4.74 Å². The highest BCUT2D eigenvalue weighted by molar-refractivity contribution is 6.35. The van der Waals surface area contributed by atoms with Crippen LogP contribution in [0.5, 0.6) is 0 Å². The van der Waals surface area contributed by atoms with E-state index in [1.54, 1.807) is 6.92 Å². The number of hydrogen-bond acceptors (Lipinski definition) is 5. The summed E-state index contributed by atoms with van der Waals surface area (Å²) in [6, 6.07) is 9.31. The minimum atomic E-state index is -0.682. The molecule has 0 heterocycles. The van der Waals surface area contributed by atoms with E-state index < -0.39 is 11.9 Å². The number of nitrogens with one attached hydrogen (secondary N) is 1. The molecule has 0 aromatic heterocycles. The summed E-state index contributed by atoms with van der Waals surface area (Å²) in [5.74, 6) is -1.11. The smallest absolute Gasteiger partial charge is 0.351 e. The second kappa shape index (κ2) is 8.02. The Morgan fingerprint density at radius 3 is 2.42 bits per heavy atom. The van der Waals surface area contributed by atoms with Crippen LogP contribution in [0.1, 0.15) is 25.3 Å². The van der Waals surface area contributed by atoms with Crippen molar-refractivity contribution in [3.05, 3.63) is 35.9 Å². The molecule has 0 unspecified atom stereocenters. The number of ether oxygens (including phenoxy) is 2. The summed E-state index contributed by atoms with van der Waals surface area (Å²) >= 11 is 0. The SMILES string of the molecule is CCOC(=O)C(=N)CCC(=O)OCc1ccccc1. The first-order valence-electron chi connectivity index (χ1n) is 6.07. The van der Waals surface area contributed by atoms with Crippen LogP contribution in [0.4, 0.5) is 0 Å². The lowest BCUT2D eigenvalue weighted by atomic mass is 10.2. The number of rotatable bonds is 7. The molecule has 1 N–H and O–H groups in total. The Hall–Kier alpha value is -2.17. The first-order valence-corrected chi connectivity index (χ1v) is 6.07. The van der Waals surface area contributed by atoms with Gasteiger partial charge in [-0.1, -0.05) is 30.3 Å². The maximum absolute atomic E-state index is 11.4. The zero-order chi connectivity index (χ0) is 14.1. The summed E-state index contributed by atoms with van der Waals surface area (Å²) in [6.45, 7) is 2.09. The molecule has 1 aromatic rings. The fraction of sp³-hybridized carbons (Fsp3) is 0.357. The van der Waals surface area contributed by atoms with E-state index in [1.807, 2.05) is 30.3 Å². The van der Waals surface area contributed by atoms with Crippen LogP contribution in [0, 0.1) is 5.41 Å². The molecule has 5 heteroatoms. The highest BCUT2D eigenvalue weighted by Gasteiger charge is 2.13. The molecule has 0 saturated carbocycles. The maximum Gasteiger partial charge on any atom is 0.351 e. The summed E-state index contributed by atoms with van der Waals surface area (Å²) < 4.78 is 9.68. The molecule has 0 fully saturated rings. The van der Waals surface area contributed by atoms with E-state index in [1.165, 1.54) is 0 Å². The largest absolute Gasteiger partial charge is 0.462 e. The average molecular weight is 263 g/mol. The van der Waals surface area contributed by atoms with Crippen LogP contribution in [0.25, 0.3) is 0 Å². The van der Waals surface area contributed by atoms with Crippen molar-refractivity contribution < 1.29 is 19.1 Å². The third-order valence-electron chi connectivity index (χ3n) is 2.34. The fourth-order valence-corrected chi connectivity index (χ4v) is 1.36. The molecule has 5 nitrogen and oxygen atoms in total. The Bertz CT molecular complexity index is 442. The quantitative estimate of drug-likeness (QED) is 0.603. The second-order valence-corrected chi connectivity index (χ2v) is 3.85. The lowest BCUT2D eigenvalue weighted by Crippen LogP contribution is -2.18. The van der Waals surface area contributed by atoms with Crippen LogP contribution in [0.15, 0.2) is 30.3 Å². The van der Waals surface area contributed by atoms with Crippen LogP contribution >= 0.6 is 0 Å². The molecule has 0 aliphatic heterocycles. The minimum Gasteiger partial charge on any atom is -0.462 e. The van der Waals surface area contributed by atoms with Crippen LogP contribution in [0.2, 0.25) is 0 Å². The van der Waals surface area contributed by atoms with Crippen LogP contribution < -0.4 is 0 Å². The van der Waals surface area contributed by atoms with E-state index in [4.69, 9.17) is 10.1 Å². The molecular weight excluding hydrogens is 246 g/mol. The summed E-state index contributed by atoms with van der Waals surface area (Å²) in [4.78, 5) is 22.6. The zero-order valence-electron chi connectivity index (χ0n) is 10.8. The van der Waals surface area contributed by atoms with E-state index in [0.717, 1.165) is 5.56 Å². The van der Waals surface area contributed by atoms with Gasteiger partial charge in [-0.3, -0.25) is 10.2 Å². The Morgan fingerprint density at radius 2 is 1.79 bits per heavy atom. The molecule has 0 bridgehead atoms. The van der Waals surface area contributed by atoms with Crippen LogP contribution in [0.3, 0.4) is 0 Å². The highest BCUT2D eigenvalue weighted by Crippen LogP contribution is 2.03. The molecule has 0 amide bonds. The Kier molecular flexibility index (Phi) is 6.29. The third-order valence-corrected chi connectivity index (χ3v) is 2.34. The van der Waals surface area contributed by atoms with Crippen molar-refractivity contribution >= 4 is 17.7 Å². The van der Waals surface area contributed by atoms with Gasteiger partial charge in [-0.25, -0.2) is 4.79 Å². The molecule has 102 valence electrons. The van der Waals surface area contributed by atoms with Gasteiger partial charge in [-0.2, -0.15) is 0 Å². The summed E-state index contributed by atoms with van der Waals surface area (Å²) in [5, 5.41) is 7.41. The van der Waals surface area contributed by atoms with Gasteiger partial charge in [0.1, 0.15) is 12.3 Å². The third kappa shape index (κ3) is 5.81. The van der Waals surface area contributed by atoms with Gasteiger partial charge in [-0.05, 0) is 12.5 Å². The standard InChI is InChI=1S/C14H17NO4/c1-2-18-14(17)12(15)8-9-13(16)19-10-11-6-4-3-5-7-11/h3-7,15H,2,8-10H2,1H3. The Balaban J connectivity index is 2.25. The average Bonchev–Trinajstić information content (AvgIpc) is 2.43. The minimum absolute atomic E-state index is 0.00445. The molecule has 0 radical (unpaired) electrons. The molecule has 1 aromatic carbocycles. The van der Waals surface area contributed by atoms with Gasteiger partial charge in [-0.15, -0.1) is 0 Å². The number of carbonyl (C=O) groups excluding carboxylic acids is 2. The van der Waals surface area contributed by atoms with Crippen molar-refractivity contribution in [2.24, 2.45) is 0 Å². The van der Waals surface area contributed by atoms with Crippen LogP contribution in [-0.2, 0) is 25.7 Å². The molecule has 0 aliphatic carbocycles. The molecule has 0 atom stereocenters. The topological polar surface area (TPSA) is 76.5 Å². The lowest BCUT2D eigenvalue weighted by Gasteiger charge is -2.05. The predicted octanol–water partition coefficient (Wildman–Crippen LogP) is 2.09. The predicted molar refractivity (Wildman–Crippen MR) is 69.8 cm³/mol. The van der Waals surface area contributed by atoms with E-state index in [0.29, 0.717) is 0 Å². The summed E-state index contributed by atoms with van der Waals surface area (Å²) in [7, 11) is 0.